The molecule has 0 aliphatic carbocycles. The van der Waals surface area contributed by atoms with Crippen LogP contribution in [0.4, 0.5) is 4.39 Å². The monoisotopic (exact) mass is 174 g/mol. The molecule has 0 spiro atoms. The second-order valence-corrected chi connectivity index (χ2v) is 2.58. The molecule has 13 heavy (non-hydrogen) atoms. The van der Waals surface area contributed by atoms with Crippen molar-refractivity contribution in [3.05, 3.63) is 48.7 Å². The maximum Gasteiger partial charge on any atom is 0.213 e. The standard InChI is InChI=1S/C10H7FN2/c11-10-7-8(4-6-13-10)9-3-1-2-5-12-9/h1-7H. The van der Waals surface area contributed by atoms with Crippen LogP contribution in [0.25, 0.3) is 11.3 Å². The van der Waals surface area contributed by atoms with Crippen molar-refractivity contribution in [1.29, 1.82) is 0 Å². The average Bonchev–Trinajstić information content (AvgIpc) is 2.19. The number of nitrogens with zero attached hydrogens (tertiary/aromatic N) is 2. The van der Waals surface area contributed by atoms with E-state index in [0.717, 1.165) is 11.3 Å². The predicted molar refractivity (Wildman–Crippen MR) is 47.4 cm³/mol. The minimum Gasteiger partial charge on any atom is -0.256 e. The van der Waals surface area contributed by atoms with Gasteiger partial charge in [0.15, 0.2) is 0 Å². The van der Waals surface area contributed by atoms with Gasteiger partial charge >= 0.3 is 0 Å². The number of hydrogen-bond donors (Lipinski definition) is 0. The molecule has 0 saturated heterocycles. The Labute approximate surface area is 75.1 Å². The third-order valence-electron chi connectivity index (χ3n) is 1.69. The Bertz CT molecular complexity index is 401. The van der Waals surface area contributed by atoms with Gasteiger partial charge in [-0.25, -0.2) is 4.98 Å². The van der Waals surface area contributed by atoms with Crippen LogP contribution in [-0.4, -0.2) is 9.97 Å². The number of hydrogen-bond acceptors (Lipinski definition) is 2. The SMILES string of the molecule is Fc1cc(-c2ccccn2)ccn1. The highest BCUT2D eigenvalue weighted by Gasteiger charge is 1.98. The molecule has 0 aliphatic heterocycles. The predicted octanol–water partition coefficient (Wildman–Crippen LogP) is 2.28. The summed E-state index contributed by atoms with van der Waals surface area (Å²) >= 11 is 0. The molecule has 2 heterocycles. The van der Waals surface area contributed by atoms with Crippen LogP contribution in [-0.2, 0) is 0 Å². The fraction of sp³-hybridized carbons (Fsp3) is 0. The van der Waals surface area contributed by atoms with E-state index in [-0.39, 0.29) is 0 Å². The van der Waals surface area contributed by atoms with Gasteiger partial charge < -0.3 is 0 Å². The lowest BCUT2D eigenvalue weighted by Gasteiger charge is -1.98. The van der Waals surface area contributed by atoms with Gasteiger partial charge in [0.25, 0.3) is 0 Å². The van der Waals surface area contributed by atoms with Crippen LogP contribution in [0.15, 0.2) is 42.7 Å². The van der Waals surface area contributed by atoms with Gasteiger partial charge in [-0.3, -0.25) is 4.98 Å². The quantitative estimate of drug-likeness (QED) is 0.620. The second-order valence-electron chi connectivity index (χ2n) is 2.58. The second kappa shape index (κ2) is 3.31. The highest BCUT2D eigenvalue weighted by Crippen LogP contribution is 2.15. The number of halogens is 1. The van der Waals surface area contributed by atoms with Crippen LogP contribution < -0.4 is 0 Å². The van der Waals surface area contributed by atoms with E-state index in [1.165, 1.54) is 12.3 Å². The normalized spacial score (nSPS) is 9.92. The van der Waals surface area contributed by atoms with E-state index in [0.29, 0.717) is 0 Å². The van der Waals surface area contributed by atoms with Gasteiger partial charge in [-0.2, -0.15) is 4.39 Å². The maximum absolute atomic E-state index is 12.7. The smallest absolute Gasteiger partial charge is 0.213 e. The van der Waals surface area contributed by atoms with E-state index in [2.05, 4.69) is 9.97 Å². The van der Waals surface area contributed by atoms with Gasteiger partial charge in [-0.05, 0) is 18.2 Å². The van der Waals surface area contributed by atoms with Crippen molar-refractivity contribution in [2.75, 3.05) is 0 Å². The summed E-state index contributed by atoms with van der Waals surface area (Å²) in [5, 5.41) is 0. The topological polar surface area (TPSA) is 25.8 Å². The molecule has 0 aliphatic rings. The van der Waals surface area contributed by atoms with Crippen LogP contribution in [0.3, 0.4) is 0 Å². The molecule has 2 rings (SSSR count). The van der Waals surface area contributed by atoms with Crippen LogP contribution in [0.5, 0.6) is 0 Å². The largest absolute Gasteiger partial charge is 0.256 e. The molecule has 2 aromatic rings. The van der Waals surface area contributed by atoms with Crippen LogP contribution in [0.2, 0.25) is 0 Å². The highest BCUT2D eigenvalue weighted by atomic mass is 19.1. The molecule has 64 valence electrons. The summed E-state index contributed by atoms with van der Waals surface area (Å²) in [6, 6.07) is 8.60. The van der Waals surface area contributed by atoms with Crippen LogP contribution in [0.1, 0.15) is 0 Å². The summed E-state index contributed by atoms with van der Waals surface area (Å²) in [6.45, 7) is 0. The van der Waals surface area contributed by atoms with Crippen LogP contribution >= 0.6 is 0 Å². The highest BCUT2D eigenvalue weighted by molar-refractivity contribution is 5.57. The first-order valence-electron chi connectivity index (χ1n) is 3.89. The Morgan fingerprint density at radius 3 is 2.62 bits per heavy atom. The molecule has 0 amide bonds. The Morgan fingerprint density at radius 1 is 1.00 bits per heavy atom. The molecule has 3 heteroatoms. The molecule has 0 fully saturated rings. The molecule has 0 unspecified atom stereocenters. The zero-order valence-corrected chi connectivity index (χ0v) is 6.81. The Balaban J connectivity index is 2.48. The zero-order valence-electron chi connectivity index (χ0n) is 6.81. The third kappa shape index (κ3) is 1.69. The molecule has 0 aromatic carbocycles. The van der Waals surface area contributed by atoms with Crippen molar-refractivity contribution in [2.24, 2.45) is 0 Å². The van der Waals surface area contributed by atoms with Crippen molar-refractivity contribution < 1.29 is 4.39 Å². The summed E-state index contributed by atoms with van der Waals surface area (Å²) in [5.41, 5.74) is 1.50. The zero-order chi connectivity index (χ0) is 9.10. The molecule has 0 saturated carbocycles. The van der Waals surface area contributed by atoms with Gasteiger partial charge in [0.2, 0.25) is 5.95 Å². The van der Waals surface area contributed by atoms with Gasteiger partial charge in [0.05, 0.1) is 5.69 Å². The average molecular weight is 174 g/mol. The van der Waals surface area contributed by atoms with E-state index >= 15 is 0 Å². The maximum atomic E-state index is 12.7. The molecular weight excluding hydrogens is 167 g/mol. The van der Waals surface area contributed by atoms with Gasteiger partial charge in [-0.15, -0.1) is 0 Å². The fourth-order valence-electron chi connectivity index (χ4n) is 1.10. The molecular formula is C10H7FN2. The summed E-state index contributed by atoms with van der Waals surface area (Å²) in [6.07, 6.45) is 3.10. The Hall–Kier alpha value is -1.77. The molecule has 0 atom stereocenters. The Morgan fingerprint density at radius 2 is 1.92 bits per heavy atom. The van der Waals surface area contributed by atoms with Gasteiger partial charge in [0.1, 0.15) is 0 Å². The number of rotatable bonds is 1. The Kier molecular flexibility index (Phi) is 2.00. The van der Waals surface area contributed by atoms with Gasteiger partial charge in [0, 0.05) is 24.0 Å². The van der Waals surface area contributed by atoms with Crippen molar-refractivity contribution in [3.8, 4) is 11.3 Å². The molecule has 0 N–H and O–H groups in total. The molecule has 2 nitrogen and oxygen atoms in total. The minimum absolute atomic E-state index is 0.483. The summed E-state index contributed by atoms with van der Waals surface area (Å²) in [7, 11) is 0. The van der Waals surface area contributed by atoms with E-state index in [4.69, 9.17) is 0 Å². The first kappa shape index (κ1) is 7.86. The van der Waals surface area contributed by atoms with Gasteiger partial charge in [-0.1, -0.05) is 6.07 Å². The van der Waals surface area contributed by atoms with E-state index in [9.17, 15) is 4.39 Å². The van der Waals surface area contributed by atoms with Crippen molar-refractivity contribution in [1.82, 2.24) is 9.97 Å². The first-order chi connectivity index (χ1) is 6.36. The van der Waals surface area contributed by atoms with Crippen molar-refractivity contribution >= 4 is 0 Å². The van der Waals surface area contributed by atoms with Crippen molar-refractivity contribution in [2.45, 2.75) is 0 Å². The lowest BCUT2D eigenvalue weighted by atomic mass is 10.2. The number of aromatic nitrogens is 2. The molecule has 2 aromatic heterocycles. The first-order valence-corrected chi connectivity index (χ1v) is 3.89. The molecule has 0 bridgehead atoms. The minimum atomic E-state index is -0.483. The summed E-state index contributed by atoms with van der Waals surface area (Å²) < 4.78 is 12.7. The lowest BCUT2D eigenvalue weighted by Crippen LogP contribution is -1.85. The van der Waals surface area contributed by atoms with E-state index in [1.54, 1.807) is 12.3 Å². The fourth-order valence-corrected chi connectivity index (χ4v) is 1.10. The third-order valence-corrected chi connectivity index (χ3v) is 1.69. The van der Waals surface area contributed by atoms with Crippen LogP contribution in [0, 0.1) is 5.95 Å². The molecule has 0 radical (unpaired) electrons. The van der Waals surface area contributed by atoms with E-state index in [1.807, 2.05) is 18.2 Å². The van der Waals surface area contributed by atoms with E-state index < -0.39 is 5.95 Å². The lowest BCUT2D eigenvalue weighted by molar-refractivity contribution is 0.584. The summed E-state index contributed by atoms with van der Waals surface area (Å²) in [4.78, 5) is 7.57. The number of pyridine rings is 2. The summed E-state index contributed by atoms with van der Waals surface area (Å²) in [5.74, 6) is -0.483. The van der Waals surface area contributed by atoms with Crippen molar-refractivity contribution in [3.63, 3.8) is 0 Å².